The van der Waals surface area contributed by atoms with Crippen molar-refractivity contribution < 1.29 is 14.3 Å². The maximum Gasteiger partial charge on any atom is 0.262 e. The quantitative estimate of drug-likeness (QED) is 0.264. The van der Waals surface area contributed by atoms with E-state index in [0.717, 1.165) is 16.8 Å². The lowest BCUT2D eigenvalue weighted by molar-refractivity contribution is -0.115. The van der Waals surface area contributed by atoms with Crippen molar-refractivity contribution in [2.24, 2.45) is 0 Å². The number of carbonyl (C=O) groups is 1. The number of aromatic nitrogens is 2. The SMILES string of the molecule is CC[C@H](Sc1nc2cc3c(cc2c(=O)n1CCc1ccccc1)OCO3)C(=O)Nc1cccc(C)c1. The zero-order valence-corrected chi connectivity index (χ0v) is 21.0. The molecule has 36 heavy (non-hydrogen) atoms. The summed E-state index contributed by atoms with van der Waals surface area (Å²) in [5.41, 5.74) is 3.30. The van der Waals surface area contributed by atoms with Gasteiger partial charge >= 0.3 is 0 Å². The van der Waals surface area contributed by atoms with Crippen LogP contribution in [0.5, 0.6) is 11.5 Å². The number of hydrogen-bond acceptors (Lipinski definition) is 6. The van der Waals surface area contributed by atoms with Crippen molar-refractivity contribution in [1.29, 1.82) is 0 Å². The molecule has 0 aliphatic carbocycles. The van der Waals surface area contributed by atoms with Crippen molar-refractivity contribution in [3.8, 4) is 11.5 Å². The molecular weight excluding hydrogens is 474 g/mol. The first-order chi connectivity index (χ1) is 17.5. The monoisotopic (exact) mass is 501 g/mol. The summed E-state index contributed by atoms with van der Waals surface area (Å²) >= 11 is 1.31. The molecular formula is C28H27N3O4S. The van der Waals surface area contributed by atoms with Crippen molar-refractivity contribution in [3.05, 3.63) is 88.2 Å². The summed E-state index contributed by atoms with van der Waals surface area (Å²) in [5, 5.41) is 3.56. The van der Waals surface area contributed by atoms with Crippen LogP contribution >= 0.6 is 11.8 Å². The van der Waals surface area contributed by atoms with Crippen LogP contribution in [-0.4, -0.2) is 27.5 Å². The zero-order chi connectivity index (χ0) is 25.1. The molecule has 5 rings (SSSR count). The van der Waals surface area contributed by atoms with Gasteiger partial charge in [-0.1, -0.05) is 61.2 Å². The number of ether oxygens (including phenoxy) is 2. The van der Waals surface area contributed by atoms with Gasteiger partial charge in [0.2, 0.25) is 12.7 Å². The van der Waals surface area contributed by atoms with Gasteiger partial charge in [-0.2, -0.15) is 0 Å². The topological polar surface area (TPSA) is 82.5 Å². The van der Waals surface area contributed by atoms with Crippen molar-refractivity contribution in [2.75, 3.05) is 12.1 Å². The fourth-order valence-corrected chi connectivity index (χ4v) is 5.20. The van der Waals surface area contributed by atoms with Crippen molar-refractivity contribution >= 4 is 34.3 Å². The molecule has 0 fully saturated rings. The molecule has 0 saturated carbocycles. The number of hydrogen-bond donors (Lipinski definition) is 1. The second-order valence-electron chi connectivity index (χ2n) is 8.68. The summed E-state index contributed by atoms with van der Waals surface area (Å²) in [6.07, 6.45) is 1.24. The van der Waals surface area contributed by atoms with Gasteiger partial charge in [0, 0.05) is 18.3 Å². The Morgan fingerprint density at radius 1 is 1.08 bits per heavy atom. The highest BCUT2D eigenvalue weighted by atomic mass is 32.2. The Morgan fingerprint density at radius 3 is 2.61 bits per heavy atom. The lowest BCUT2D eigenvalue weighted by Gasteiger charge is -2.18. The number of nitrogens with one attached hydrogen (secondary N) is 1. The van der Waals surface area contributed by atoms with E-state index in [9.17, 15) is 9.59 Å². The highest BCUT2D eigenvalue weighted by Crippen LogP contribution is 2.35. The van der Waals surface area contributed by atoms with Gasteiger partial charge in [-0.25, -0.2) is 4.98 Å². The van der Waals surface area contributed by atoms with E-state index >= 15 is 0 Å². The molecule has 8 heteroatoms. The highest BCUT2D eigenvalue weighted by molar-refractivity contribution is 8.00. The van der Waals surface area contributed by atoms with E-state index in [1.165, 1.54) is 11.8 Å². The summed E-state index contributed by atoms with van der Waals surface area (Å²) in [7, 11) is 0. The van der Waals surface area contributed by atoms with Gasteiger partial charge in [0.1, 0.15) is 0 Å². The van der Waals surface area contributed by atoms with Crippen molar-refractivity contribution in [3.63, 3.8) is 0 Å². The summed E-state index contributed by atoms with van der Waals surface area (Å²) < 4.78 is 12.7. The number of benzene rings is 3. The van der Waals surface area contributed by atoms with Crippen LogP contribution in [0.3, 0.4) is 0 Å². The number of rotatable bonds is 8. The van der Waals surface area contributed by atoms with Crippen LogP contribution in [-0.2, 0) is 17.8 Å². The van der Waals surface area contributed by atoms with Crippen LogP contribution in [0.1, 0.15) is 24.5 Å². The van der Waals surface area contributed by atoms with Gasteiger partial charge in [-0.05, 0) is 49.1 Å². The van der Waals surface area contributed by atoms with Crippen LogP contribution in [0.4, 0.5) is 5.69 Å². The Morgan fingerprint density at radius 2 is 1.86 bits per heavy atom. The average Bonchev–Trinajstić information content (AvgIpc) is 3.34. The molecule has 0 radical (unpaired) electrons. The van der Waals surface area contributed by atoms with Crippen LogP contribution in [0, 0.1) is 6.92 Å². The number of fused-ring (bicyclic) bond motifs is 2. The summed E-state index contributed by atoms with van der Waals surface area (Å²) in [6, 6.07) is 21.1. The van der Waals surface area contributed by atoms with Crippen LogP contribution < -0.4 is 20.3 Å². The van der Waals surface area contributed by atoms with Gasteiger partial charge in [0.25, 0.3) is 5.56 Å². The van der Waals surface area contributed by atoms with E-state index in [-0.39, 0.29) is 18.3 Å². The summed E-state index contributed by atoms with van der Waals surface area (Å²) in [4.78, 5) is 31.6. The van der Waals surface area contributed by atoms with E-state index < -0.39 is 5.25 Å². The Kier molecular flexibility index (Phi) is 6.95. The summed E-state index contributed by atoms with van der Waals surface area (Å²) in [6.45, 7) is 4.50. The standard InChI is InChI=1S/C28H27N3O4S/c1-3-25(26(32)29-20-11-7-8-18(2)14-20)36-28-30-22-16-24-23(34-17-35-24)15-21(22)27(33)31(28)13-12-19-9-5-4-6-10-19/h4-11,14-16,25H,3,12-13,17H2,1-2H3,(H,29,32)/t25-/m0/s1. The second kappa shape index (κ2) is 10.5. The third-order valence-corrected chi connectivity index (χ3v) is 7.43. The predicted molar refractivity (Wildman–Crippen MR) is 142 cm³/mol. The molecule has 184 valence electrons. The molecule has 0 bridgehead atoms. The van der Waals surface area contributed by atoms with E-state index in [4.69, 9.17) is 14.5 Å². The van der Waals surface area contributed by atoms with E-state index in [0.29, 0.717) is 46.9 Å². The largest absolute Gasteiger partial charge is 0.454 e. The van der Waals surface area contributed by atoms with E-state index in [1.807, 2.05) is 68.4 Å². The average molecular weight is 502 g/mol. The molecule has 2 heterocycles. The molecule has 0 spiro atoms. The zero-order valence-electron chi connectivity index (χ0n) is 20.2. The van der Waals surface area contributed by atoms with Gasteiger partial charge in [0.05, 0.1) is 16.2 Å². The minimum Gasteiger partial charge on any atom is -0.454 e. The third kappa shape index (κ3) is 5.09. The molecule has 0 unspecified atom stereocenters. The van der Waals surface area contributed by atoms with E-state index in [1.54, 1.807) is 16.7 Å². The summed E-state index contributed by atoms with van der Waals surface area (Å²) in [5.74, 6) is 0.986. The second-order valence-corrected chi connectivity index (χ2v) is 9.85. The molecule has 1 aliphatic heterocycles. The smallest absolute Gasteiger partial charge is 0.262 e. The molecule has 1 aromatic heterocycles. The maximum absolute atomic E-state index is 13.7. The minimum absolute atomic E-state index is 0.118. The molecule has 1 atom stereocenters. The van der Waals surface area contributed by atoms with Gasteiger partial charge in [0.15, 0.2) is 16.7 Å². The minimum atomic E-state index is -0.424. The lowest BCUT2D eigenvalue weighted by atomic mass is 10.1. The molecule has 1 amide bonds. The van der Waals surface area contributed by atoms with Crippen LogP contribution in [0.25, 0.3) is 10.9 Å². The molecule has 3 aromatic carbocycles. The Labute approximate surface area is 213 Å². The molecule has 7 nitrogen and oxygen atoms in total. The number of aryl methyl sites for hydroxylation is 2. The predicted octanol–water partition coefficient (Wildman–Crippen LogP) is 5.19. The Hall–Kier alpha value is -3.78. The van der Waals surface area contributed by atoms with Crippen LogP contribution in [0.2, 0.25) is 0 Å². The number of nitrogens with zero attached hydrogens (tertiary/aromatic N) is 2. The van der Waals surface area contributed by atoms with Crippen molar-refractivity contribution in [2.45, 2.75) is 43.6 Å². The first-order valence-corrected chi connectivity index (χ1v) is 12.8. The Balaban J connectivity index is 1.49. The molecule has 0 saturated heterocycles. The number of amides is 1. The van der Waals surface area contributed by atoms with Gasteiger partial charge in [-0.3, -0.25) is 14.2 Å². The normalized spacial score (nSPS) is 13.1. The third-order valence-electron chi connectivity index (χ3n) is 6.08. The van der Waals surface area contributed by atoms with Gasteiger partial charge < -0.3 is 14.8 Å². The van der Waals surface area contributed by atoms with Crippen LogP contribution in [0.15, 0.2) is 76.7 Å². The Bertz CT molecular complexity index is 1470. The van der Waals surface area contributed by atoms with E-state index in [2.05, 4.69) is 5.32 Å². The van der Waals surface area contributed by atoms with Gasteiger partial charge in [-0.15, -0.1) is 0 Å². The highest BCUT2D eigenvalue weighted by Gasteiger charge is 2.24. The number of thioether (sulfide) groups is 1. The lowest BCUT2D eigenvalue weighted by Crippen LogP contribution is -2.28. The number of anilines is 1. The fraction of sp³-hybridized carbons (Fsp3) is 0.250. The molecule has 1 N–H and O–H groups in total. The molecule has 1 aliphatic rings. The van der Waals surface area contributed by atoms with Crippen molar-refractivity contribution in [1.82, 2.24) is 9.55 Å². The molecule has 4 aromatic rings. The first kappa shape index (κ1) is 23.9. The fourth-order valence-electron chi connectivity index (χ4n) is 4.16. The number of carbonyl (C=O) groups excluding carboxylic acids is 1. The maximum atomic E-state index is 13.7. The first-order valence-electron chi connectivity index (χ1n) is 11.9.